The molecule has 0 unspecified atom stereocenters. The lowest BCUT2D eigenvalue weighted by atomic mass is 10.2. The number of fused-ring (bicyclic) bond motifs is 1. The Balaban J connectivity index is 1.44. The highest BCUT2D eigenvalue weighted by Crippen LogP contribution is 2.40. The number of methoxy groups -OCH3 is 2. The van der Waals surface area contributed by atoms with Crippen molar-refractivity contribution in [1.29, 1.82) is 0 Å². The summed E-state index contributed by atoms with van der Waals surface area (Å²) in [5.41, 5.74) is 2.89. The van der Waals surface area contributed by atoms with Crippen LogP contribution in [0.15, 0.2) is 43.0 Å². The first-order valence-corrected chi connectivity index (χ1v) is 11.6. The molecule has 190 valence electrons. The zero-order valence-corrected chi connectivity index (χ0v) is 20.6. The Labute approximate surface area is 212 Å². The number of hydrogen-bond acceptors (Lipinski definition) is 10. The van der Waals surface area contributed by atoms with Crippen LogP contribution in [0.1, 0.15) is 6.92 Å². The van der Waals surface area contributed by atoms with Gasteiger partial charge in [0.1, 0.15) is 22.7 Å². The van der Waals surface area contributed by atoms with Gasteiger partial charge in [0.25, 0.3) is 0 Å². The van der Waals surface area contributed by atoms with Crippen molar-refractivity contribution in [2.45, 2.75) is 6.92 Å². The van der Waals surface area contributed by atoms with Crippen molar-refractivity contribution < 1.29 is 18.7 Å². The van der Waals surface area contributed by atoms with E-state index in [2.05, 4.69) is 35.1 Å². The molecule has 1 amide bonds. The summed E-state index contributed by atoms with van der Waals surface area (Å²) >= 11 is 0. The predicted molar refractivity (Wildman–Crippen MR) is 136 cm³/mol. The van der Waals surface area contributed by atoms with Crippen LogP contribution in [-0.2, 0) is 4.79 Å². The normalized spacial score (nSPS) is 13.5. The van der Waals surface area contributed by atoms with Crippen LogP contribution < -0.4 is 19.7 Å². The van der Waals surface area contributed by atoms with Crippen molar-refractivity contribution in [2.75, 3.05) is 50.6 Å². The molecule has 0 aliphatic carbocycles. The maximum Gasteiger partial charge on any atom is 0.228 e. The lowest BCUT2D eigenvalue weighted by molar-refractivity contribution is -0.129. The minimum absolute atomic E-state index is 0.0646. The third-order valence-corrected chi connectivity index (χ3v) is 6.16. The number of carbonyl (C=O) groups is 1. The first-order valence-electron chi connectivity index (χ1n) is 11.6. The van der Waals surface area contributed by atoms with Gasteiger partial charge in [-0.15, -0.1) is 0 Å². The Morgan fingerprint density at radius 1 is 0.946 bits per heavy atom. The van der Waals surface area contributed by atoms with Crippen LogP contribution >= 0.6 is 0 Å². The Hall–Kier alpha value is -4.61. The molecule has 1 aliphatic heterocycles. The maximum atomic E-state index is 14.7. The van der Waals surface area contributed by atoms with Gasteiger partial charge < -0.3 is 24.6 Å². The lowest BCUT2D eigenvalue weighted by Crippen LogP contribution is -2.48. The number of rotatable bonds is 6. The van der Waals surface area contributed by atoms with Gasteiger partial charge in [0.05, 0.1) is 31.8 Å². The minimum atomic E-state index is -0.597. The van der Waals surface area contributed by atoms with Crippen LogP contribution in [0.5, 0.6) is 11.5 Å². The molecule has 11 nitrogen and oxygen atoms in total. The molecule has 1 saturated heterocycles. The van der Waals surface area contributed by atoms with Crippen LogP contribution in [-0.4, -0.2) is 76.1 Å². The predicted octanol–water partition coefficient (Wildman–Crippen LogP) is 3.05. The van der Waals surface area contributed by atoms with Crippen molar-refractivity contribution in [3.8, 4) is 22.8 Å². The molecule has 5 rings (SSSR count). The summed E-state index contributed by atoms with van der Waals surface area (Å²) in [6.45, 7) is 4.17. The van der Waals surface area contributed by atoms with Gasteiger partial charge in [-0.3, -0.25) is 9.78 Å². The molecule has 1 aromatic carbocycles. The number of benzene rings is 1. The van der Waals surface area contributed by atoms with Crippen LogP contribution in [0.3, 0.4) is 0 Å². The summed E-state index contributed by atoms with van der Waals surface area (Å²) < 4.78 is 26.0. The molecule has 4 aromatic rings. The third-order valence-electron chi connectivity index (χ3n) is 6.16. The number of nitrogens with one attached hydrogen (secondary N) is 1. The van der Waals surface area contributed by atoms with E-state index in [1.54, 1.807) is 45.7 Å². The minimum Gasteiger partial charge on any atom is -0.494 e. The van der Waals surface area contributed by atoms with E-state index in [1.807, 2.05) is 11.0 Å². The maximum absolute atomic E-state index is 14.7. The first kappa shape index (κ1) is 24.1. The number of nitrogens with zero attached hydrogens (tertiary/aromatic N) is 7. The van der Waals surface area contributed by atoms with Crippen molar-refractivity contribution in [2.24, 2.45) is 0 Å². The monoisotopic (exact) mass is 504 g/mol. The van der Waals surface area contributed by atoms with Crippen LogP contribution in [0, 0.1) is 5.82 Å². The van der Waals surface area contributed by atoms with Gasteiger partial charge in [-0.2, -0.15) is 0 Å². The van der Waals surface area contributed by atoms with Gasteiger partial charge in [0.2, 0.25) is 11.9 Å². The second-order valence-corrected chi connectivity index (χ2v) is 8.36. The highest BCUT2D eigenvalue weighted by atomic mass is 19.1. The van der Waals surface area contributed by atoms with Gasteiger partial charge in [0, 0.05) is 69.4 Å². The zero-order chi connectivity index (χ0) is 25.9. The van der Waals surface area contributed by atoms with Gasteiger partial charge >= 0.3 is 0 Å². The quantitative estimate of drug-likeness (QED) is 0.420. The first-order chi connectivity index (χ1) is 18.0. The fraction of sp³-hybridized carbons (Fsp3) is 0.280. The number of piperazine rings is 1. The van der Waals surface area contributed by atoms with Gasteiger partial charge in [-0.1, -0.05) is 0 Å². The molecule has 1 N–H and O–H groups in total. The van der Waals surface area contributed by atoms with E-state index in [-0.39, 0.29) is 17.5 Å². The smallest absolute Gasteiger partial charge is 0.228 e. The number of halogens is 1. The number of pyridine rings is 1. The highest BCUT2D eigenvalue weighted by Gasteiger charge is 2.23. The Morgan fingerprint density at radius 3 is 2.43 bits per heavy atom. The largest absolute Gasteiger partial charge is 0.494 e. The van der Waals surface area contributed by atoms with E-state index in [9.17, 15) is 9.18 Å². The summed E-state index contributed by atoms with van der Waals surface area (Å²) in [6.07, 6.45) is 5.68. The second kappa shape index (κ2) is 10.2. The van der Waals surface area contributed by atoms with E-state index >= 15 is 0 Å². The summed E-state index contributed by atoms with van der Waals surface area (Å²) in [4.78, 5) is 36.7. The summed E-state index contributed by atoms with van der Waals surface area (Å²) in [7, 11) is 3.15. The van der Waals surface area contributed by atoms with Crippen LogP contribution in [0.2, 0.25) is 0 Å². The van der Waals surface area contributed by atoms with Crippen molar-refractivity contribution >= 4 is 34.4 Å². The molecule has 1 aliphatic rings. The van der Waals surface area contributed by atoms with E-state index < -0.39 is 5.82 Å². The highest BCUT2D eigenvalue weighted by molar-refractivity contribution is 5.78. The molecule has 1 fully saturated rings. The van der Waals surface area contributed by atoms with Gasteiger partial charge in [0.15, 0.2) is 11.5 Å². The van der Waals surface area contributed by atoms with Crippen LogP contribution in [0.4, 0.5) is 21.7 Å². The number of anilines is 3. The topological polar surface area (TPSA) is 118 Å². The number of amides is 1. The van der Waals surface area contributed by atoms with Crippen molar-refractivity contribution in [1.82, 2.24) is 29.8 Å². The van der Waals surface area contributed by atoms with E-state index in [1.165, 1.54) is 6.20 Å². The van der Waals surface area contributed by atoms with E-state index in [4.69, 9.17) is 9.47 Å². The molecular formula is C25H25FN8O3. The molecule has 12 heteroatoms. The zero-order valence-electron chi connectivity index (χ0n) is 20.6. The van der Waals surface area contributed by atoms with Gasteiger partial charge in [-0.05, 0) is 6.07 Å². The molecule has 0 atom stereocenters. The van der Waals surface area contributed by atoms with Gasteiger partial charge in [-0.25, -0.2) is 24.3 Å². The van der Waals surface area contributed by atoms with Crippen LogP contribution in [0.25, 0.3) is 22.4 Å². The van der Waals surface area contributed by atoms with E-state index in [0.717, 1.165) is 11.9 Å². The summed E-state index contributed by atoms with van der Waals surface area (Å²) in [5.74, 6) is 0.773. The molecule has 4 heterocycles. The molecular weight excluding hydrogens is 479 g/mol. The van der Waals surface area contributed by atoms with Crippen molar-refractivity contribution in [3.05, 3.63) is 48.8 Å². The van der Waals surface area contributed by atoms with Crippen molar-refractivity contribution in [3.63, 3.8) is 0 Å². The molecule has 0 radical (unpaired) electrons. The average molecular weight is 505 g/mol. The van der Waals surface area contributed by atoms with E-state index in [0.29, 0.717) is 60.1 Å². The Kier molecular flexibility index (Phi) is 6.62. The molecule has 0 bridgehead atoms. The standard InChI is InChI=1S/C25H25FN8O3/c1-15(35)33-6-8-34(9-7-33)20-12-21(36-2)18(11-22(20)37-3)31-25-30-14-17(26)23(32-25)16-10-19-24(29-13-16)28-5-4-27-19/h4-5,10-14H,6-9H2,1-3H3,(H,30,31,32). The second-order valence-electron chi connectivity index (χ2n) is 8.36. The molecule has 3 aromatic heterocycles. The molecule has 0 spiro atoms. The third kappa shape index (κ3) is 4.90. The molecule has 0 saturated carbocycles. The summed E-state index contributed by atoms with van der Waals surface area (Å²) in [5, 5.41) is 3.11. The number of hydrogen-bond donors (Lipinski definition) is 1. The average Bonchev–Trinajstić information content (AvgIpc) is 2.93. The Morgan fingerprint density at radius 2 is 1.70 bits per heavy atom. The summed E-state index contributed by atoms with van der Waals surface area (Å²) in [6, 6.07) is 5.32. The number of aromatic nitrogens is 5. The fourth-order valence-electron chi connectivity index (χ4n) is 4.23. The Bertz CT molecular complexity index is 1460. The lowest BCUT2D eigenvalue weighted by Gasteiger charge is -2.36. The SMILES string of the molecule is COc1cc(N2CCN(C(C)=O)CC2)c(OC)cc1Nc1ncc(F)c(-c2cnc3nccnc3c2)n1. The number of carbonyl (C=O) groups excluding carboxylic acids is 1. The molecule has 37 heavy (non-hydrogen) atoms. The number of ether oxygens (including phenoxy) is 2. The fourth-order valence-corrected chi connectivity index (χ4v) is 4.23.